The van der Waals surface area contributed by atoms with Crippen molar-refractivity contribution in [2.24, 2.45) is 4.99 Å². The van der Waals surface area contributed by atoms with Gasteiger partial charge in [-0.3, -0.25) is 4.99 Å². The van der Waals surface area contributed by atoms with Crippen molar-refractivity contribution >= 4 is 29.9 Å². The third kappa shape index (κ3) is 5.54. The zero-order chi connectivity index (χ0) is 18.5. The van der Waals surface area contributed by atoms with E-state index in [9.17, 15) is 8.78 Å². The molecule has 7 heteroatoms. The molecule has 0 amide bonds. The molecule has 0 bridgehead atoms. The summed E-state index contributed by atoms with van der Waals surface area (Å²) < 4.78 is 32.9. The minimum atomic E-state index is -0.484. The van der Waals surface area contributed by atoms with Gasteiger partial charge < -0.3 is 15.4 Å². The molecule has 1 aliphatic rings. The number of nitrogens with one attached hydrogen (secondary N) is 2. The van der Waals surface area contributed by atoms with E-state index in [2.05, 4.69) is 15.6 Å². The molecule has 0 aliphatic heterocycles. The van der Waals surface area contributed by atoms with Crippen LogP contribution in [0.1, 0.15) is 23.5 Å². The van der Waals surface area contributed by atoms with Crippen molar-refractivity contribution in [3.63, 3.8) is 0 Å². The second-order valence-electron chi connectivity index (χ2n) is 6.33. The van der Waals surface area contributed by atoms with Gasteiger partial charge in [0.15, 0.2) is 5.96 Å². The topological polar surface area (TPSA) is 45.7 Å². The molecule has 2 unspecified atom stereocenters. The minimum Gasteiger partial charge on any atom is -0.497 e. The van der Waals surface area contributed by atoms with E-state index in [-0.39, 0.29) is 41.5 Å². The summed E-state index contributed by atoms with van der Waals surface area (Å²) in [6.45, 7) is 0.706. The van der Waals surface area contributed by atoms with Gasteiger partial charge in [-0.1, -0.05) is 18.2 Å². The van der Waals surface area contributed by atoms with Crippen molar-refractivity contribution in [1.82, 2.24) is 10.6 Å². The van der Waals surface area contributed by atoms with Gasteiger partial charge in [0.2, 0.25) is 0 Å². The molecule has 2 aromatic rings. The maximum Gasteiger partial charge on any atom is 0.191 e. The highest BCUT2D eigenvalue weighted by Crippen LogP contribution is 2.42. The molecular formula is C20H24F2IN3O. The molecule has 146 valence electrons. The van der Waals surface area contributed by atoms with E-state index in [0.29, 0.717) is 18.9 Å². The van der Waals surface area contributed by atoms with Gasteiger partial charge >= 0.3 is 0 Å². The highest BCUT2D eigenvalue weighted by Gasteiger charge is 2.42. The van der Waals surface area contributed by atoms with E-state index >= 15 is 0 Å². The Balaban J connectivity index is 0.00000261. The number of hydrogen-bond donors (Lipinski definition) is 2. The van der Waals surface area contributed by atoms with E-state index in [1.54, 1.807) is 14.2 Å². The molecule has 2 aromatic carbocycles. The molecule has 0 saturated heterocycles. The first kappa shape index (κ1) is 21.4. The summed E-state index contributed by atoms with van der Waals surface area (Å²) in [6.07, 6.45) is 1.53. The van der Waals surface area contributed by atoms with Crippen molar-refractivity contribution in [3.8, 4) is 5.75 Å². The van der Waals surface area contributed by atoms with Crippen LogP contribution >= 0.6 is 24.0 Å². The Morgan fingerprint density at radius 1 is 1.15 bits per heavy atom. The van der Waals surface area contributed by atoms with Crippen LogP contribution in [0.2, 0.25) is 0 Å². The number of nitrogens with zero attached hydrogens (tertiary/aromatic N) is 1. The lowest BCUT2D eigenvalue weighted by Crippen LogP contribution is -2.40. The molecule has 1 fully saturated rings. The quantitative estimate of drug-likeness (QED) is 0.370. The minimum absolute atomic E-state index is 0. The number of benzene rings is 2. The third-order valence-electron chi connectivity index (χ3n) is 4.57. The lowest BCUT2D eigenvalue weighted by Gasteiger charge is -2.12. The molecule has 2 atom stereocenters. The van der Waals surface area contributed by atoms with Crippen LogP contribution in [-0.2, 0) is 6.42 Å². The van der Waals surface area contributed by atoms with Crippen LogP contribution in [0, 0.1) is 11.6 Å². The van der Waals surface area contributed by atoms with Crippen LogP contribution in [0.5, 0.6) is 5.75 Å². The predicted octanol–water partition coefficient (Wildman–Crippen LogP) is 3.86. The number of aliphatic imine (C=N–C) groups is 1. The van der Waals surface area contributed by atoms with Crippen molar-refractivity contribution < 1.29 is 13.5 Å². The summed E-state index contributed by atoms with van der Waals surface area (Å²) in [6, 6.07) is 11.9. The summed E-state index contributed by atoms with van der Waals surface area (Å²) in [5, 5.41) is 6.47. The zero-order valence-corrected chi connectivity index (χ0v) is 17.7. The number of hydrogen-bond acceptors (Lipinski definition) is 2. The molecule has 2 N–H and O–H groups in total. The standard InChI is InChI=1S/C20H23F2N3O.HI/c1-23-20(24-11-10-13-6-8-14(26-2)9-7-13)25-18-12-15(18)19-16(21)4-3-5-17(19)22;/h3-9,15,18H,10-12H2,1-2H3,(H2,23,24,25);1H. The SMILES string of the molecule is CN=C(NCCc1ccc(OC)cc1)NC1CC1c1c(F)cccc1F.I. The fraction of sp³-hybridized carbons (Fsp3) is 0.350. The maximum absolute atomic E-state index is 13.9. The lowest BCUT2D eigenvalue weighted by atomic mass is 10.1. The molecule has 27 heavy (non-hydrogen) atoms. The van der Waals surface area contributed by atoms with E-state index in [4.69, 9.17) is 4.74 Å². The molecule has 4 nitrogen and oxygen atoms in total. The van der Waals surface area contributed by atoms with Gasteiger partial charge in [0.25, 0.3) is 0 Å². The van der Waals surface area contributed by atoms with Crippen LogP contribution in [0.3, 0.4) is 0 Å². The van der Waals surface area contributed by atoms with E-state index < -0.39 is 11.6 Å². The Kier molecular flexibility index (Phi) is 7.82. The van der Waals surface area contributed by atoms with Gasteiger partial charge in [-0.05, 0) is 42.7 Å². The second-order valence-corrected chi connectivity index (χ2v) is 6.33. The third-order valence-corrected chi connectivity index (χ3v) is 4.57. The Morgan fingerprint density at radius 3 is 2.41 bits per heavy atom. The second kappa shape index (κ2) is 9.87. The summed E-state index contributed by atoms with van der Waals surface area (Å²) in [4.78, 5) is 4.19. The Labute approximate surface area is 175 Å². The highest BCUT2D eigenvalue weighted by molar-refractivity contribution is 14.0. The molecular weight excluding hydrogens is 463 g/mol. The summed E-state index contributed by atoms with van der Waals surface area (Å²) in [5.41, 5.74) is 1.35. The fourth-order valence-corrected chi connectivity index (χ4v) is 3.03. The van der Waals surface area contributed by atoms with Crippen LogP contribution in [0.25, 0.3) is 0 Å². The van der Waals surface area contributed by atoms with E-state index in [1.165, 1.54) is 23.8 Å². The first-order chi connectivity index (χ1) is 12.6. The number of guanidine groups is 1. The molecule has 1 saturated carbocycles. The fourth-order valence-electron chi connectivity index (χ4n) is 3.03. The highest BCUT2D eigenvalue weighted by atomic mass is 127. The molecule has 1 aliphatic carbocycles. The summed E-state index contributed by atoms with van der Waals surface area (Å²) in [5.74, 6) is 0.349. The van der Waals surface area contributed by atoms with Crippen LogP contribution < -0.4 is 15.4 Å². The molecule has 0 aromatic heterocycles. The first-order valence-electron chi connectivity index (χ1n) is 8.66. The lowest BCUT2D eigenvalue weighted by molar-refractivity contribution is 0.414. The number of halogens is 3. The predicted molar refractivity (Wildman–Crippen MR) is 114 cm³/mol. The number of rotatable bonds is 6. The Morgan fingerprint density at radius 2 is 1.81 bits per heavy atom. The molecule has 3 rings (SSSR count). The van der Waals surface area contributed by atoms with E-state index in [0.717, 1.165) is 12.2 Å². The summed E-state index contributed by atoms with van der Waals surface area (Å²) >= 11 is 0. The van der Waals surface area contributed by atoms with Crippen molar-refractivity contribution in [2.75, 3.05) is 20.7 Å². The Bertz CT molecular complexity index is 763. The van der Waals surface area contributed by atoms with Gasteiger partial charge in [-0.25, -0.2) is 8.78 Å². The Hall–Kier alpha value is -1.90. The number of methoxy groups -OCH3 is 1. The van der Waals surface area contributed by atoms with Gasteiger partial charge in [-0.2, -0.15) is 0 Å². The van der Waals surface area contributed by atoms with E-state index in [1.807, 2.05) is 24.3 Å². The van der Waals surface area contributed by atoms with Crippen molar-refractivity contribution in [3.05, 3.63) is 65.2 Å². The summed E-state index contributed by atoms with van der Waals surface area (Å²) in [7, 11) is 3.33. The van der Waals surface area contributed by atoms with Gasteiger partial charge in [0.1, 0.15) is 17.4 Å². The number of ether oxygens (including phenoxy) is 1. The normalized spacial score (nSPS) is 18.4. The average molecular weight is 487 g/mol. The van der Waals surface area contributed by atoms with Crippen LogP contribution in [0.4, 0.5) is 8.78 Å². The van der Waals surface area contributed by atoms with Crippen LogP contribution in [-0.4, -0.2) is 32.7 Å². The van der Waals surface area contributed by atoms with Gasteiger partial charge in [0, 0.05) is 31.1 Å². The maximum atomic E-state index is 13.9. The monoisotopic (exact) mass is 487 g/mol. The van der Waals surface area contributed by atoms with Gasteiger partial charge in [-0.15, -0.1) is 24.0 Å². The molecule has 0 radical (unpaired) electrons. The first-order valence-corrected chi connectivity index (χ1v) is 8.66. The smallest absolute Gasteiger partial charge is 0.191 e. The zero-order valence-electron chi connectivity index (χ0n) is 15.3. The molecule has 0 spiro atoms. The average Bonchev–Trinajstić information content (AvgIpc) is 3.40. The van der Waals surface area contributed by atoms with Gasteiger partial charge in [0.05, 0.1) is 7.11 Å². The van der Waals surface area contributed by atoms with Crippen LogP contribution in [0.15, 0.2) is 47.5 Å². The molecule has 0 heterocycles. The van der Waals surface area contributed by atoms with Crippen molar-refractivity contribution in [1.29, 1.82) is 0 Å². The largest absolute Gasteiger partial charge is 0.497 e. The van der Waals surface area contributed by atoms with Crippen molar-refractivity contribution in [2.45, 2.75) is 24.8 Å².